The van der Waals surface area contributed by atoms with E-state index in [1.165, 1.54) is 11.7 Å². The Morgan fingerprint density at radius 3 is 2.61 bits per heavy atom. The highest BCUT2D eigenvalue weighted by Crippen LogP contribution is 2.40. The predicted octanol–water partition coefficient (Wildman–Crippen LogP) is 4.47. The van der Waals surface area contributed by atoms with Gasteiger partial charge in [-0.1, -0.05) is 0 Å². The van der Waals surface area contributed by atoms with Crippen molar-refractivity contribution in [2.24, 2.45) is 0 Å². The highest BCUT2D eigenvalue weighted by Gasteiger charge is 2.38. The van der Waals surface area contributed by atoms with Gasteiger partial charge in [-0.3, -0.25) is 4.79 Å². The maximum absolute atomic E-state index is 13.5. The summed E-state index contributed by atoms with van der Waals surface area (Å²) in [5, 5.41) is 3.08. The van der Waals surface area contributed by atoms with Crippen LogP contribution in [-0.2, 0) is 23.9 Å². The number of amides is 1. The Hall–Kier alpha value is -3.31. The number of hydrogen-bond donors (Lipinski definition) is 1. The SMILES string of the molecule is COc1cc(C(=O)N2CCOCC2)ccc1Nc1ncc2c(n1)-c1c(C)cc(C(F)(F)F)n1CC2.Cl. The largest absolute Gasteiger partial charge is 0.495 e. The van der Waals surface area contributed by atoms with Gasteiger partial charge in [0, 0.05) is 37.0 Å². The summed E-state index contributed by atoms with van der Waals surface area (Å²) in [6.45, 7) is 3.94. The molecule has 8 nitrogen and oxygen atoms in total. The minimum Gasteiger partial charge on any atom is -0.495 e. The van der Waals surface area contributed by atoms with E-state index in [1.807, 2.05) is 0 Å². The molecule has 3 aromatic rings. The number of halogens is 4. The second kappa shape index (κ2) is 9.98. The van der Waals surface area contributed by atoms with E-state index in [0.717, 1.165) is 11.6 Å². The van der Waals surface area contributed by atoms with Crippen molar-refractivity contribution in [1.82, 2.24) is 19.4 Å². The Morgan fingerprint density at radius 2 is 1.92 bits per heavy atom. The molecule has 2 aliphatic rings. The van der Waals surface area contributed by atoms with Gasteiger partial charge in [-0.05, 0) is 43.2 Å². The van der Waals surface area contributed by atoms with Crippen molar-refractivity contribution in [2.45, 2.75) is 26.1 Å². The zero-order valence-corrected chi connectivity index (χ0v) is 20.5. The van der Waals surface area contributed by atoms with Crippen LogP contribution in [0, 0.1) is 6.92 Å². The first-order chi connectivity index (χ1) is 16.8. The smallest absolute Gasteiger partial charge is 0.431 e. The van der Waals surface area contributed by atoms with E-state index in [9.17, 15) is 18.0 Å². The first-order valence-electron chi connectivity index (χ1n) is 11.2. The van der Waals surface area contributed by atoms with Crippen molar-refractivity contribution in [2.75, 3.05) is 38.7 Å². The number of hydrogen-bond acceptors (Lipinski definition) is 6. The normalized spacial score (nSPS) is 15.0. The summed E-state index contributed by atoms with van der Waals surface area (Å²) in [4.78, 5) is 23.4. The lowest BCUT2D eigenvalue weighted by atomic mass is 10.0. The molecular weight excluding hydrogens is 499 g/mol. The quantitative estimate of drug-likeness (QED) is 0.543. The van der Waals surface area contributed by atoms with Gasteiger partial charge < -0.3 is 24.3 Å². The molecule has 1 N–H and O–H groups in total. The Bertz CT molecular complexity index is 1290. The summed E-state index contributed by atoms with van der Waals surface area (Å²) in [5.74, 6) is 0.529. The monoisotopic (exact) mass is 523 g/mol. The summed E-state index contributed by atoms with van der Waals surface area (Å²) >= 11 is 0. The number of aryl methyl sites for hydroxylation is 2. The van der Waals surface area contributed by atoms with Crippen molar-refractivity contribution < 1.29 is 27.4 Å². The van der Waals surface area contributed by atoms with Gasteiger partial charge in [-0.15, -0.1) is 12.4 Å². The van der Waals surface area contributed by atoms with E-state index in [1.54, 1.807) is 36.2 Å². The number of rotatable bonds is 4. The third-order valence-electron chi connectivity index (χ3n) is 6.26. The number of nitrogens with zero attached hydrogens (tertiary/aromatic N) is 4. The summed E-state index contributed by atoms with van der Waals surface area (Å²) < 4.78 is 52.6. The number of carbonyl (C=O) groups excluding carboxylic acids is 1. The Labute approximate surface area is 211 Å². The van der Waals surface area contributed by atoms with E-state index in [-0.39, 0.29) is 30.8 Å². The lowest BCUT2D eigenvalue weighted by molar-refractivity contribution is -0.143. The molecule has 12 heteroatoms. The van der Waals surface area contributed by atoms with Gasteiger partial charge in [0.2, 0.25) is 5.95 Å². The number of nitrogens with one attached hydrogen (secondary N) is 1. The number of anilines is 2. The summed E-state index contributed by atoms with van der Waals surface area (Å²) in [6.07, 6.45) is -2.40. The highest BCUT2D eigenvalue weighted by atomic mass is 35.5. The van der Waals surface area contributed by atoms with Crippen LogP contribution in [0.4, 0.5) is 24.8 Å². The minimum atomic E-state index is -4.44. The molecule has 1 amide bonds. The summed E-state index contributed by atoms with van der Waals surface area (Å²) in [7, 11) is 1.49. The van der Waals surface area contributed by atoms with Crippen LogP contribution in [0.25, 0.3) is 11.4 Å². The lowest BCUT2D eigenvalue weighted by Gasteiger charge is -2.27. The second-order valence-electron chi connectivity index (χ2n) is 8.47. The van der Waals surface area contributed by atoms with Crippen LogP contribution < -0.4 is 10.1 Å². The zero-order valence-electron chi connectivity index (χ0n) is 19.7. The third kappa shape index (κ3) is 4.72. The van der Waals surface area contributed by atoms with Crippen LogP contribution in [-0.4, -0.2) is 58.8 Å². The molecule has 36 heavy (non-hydrogen) atoms. The Balaban J connectivity index is 0.00000304. The number of carbonyl (C=O) groups is 1. The number of alkyl halides is 3. The molecule has 1 fully saturated rings. The van der Waals surface area contributed by atoms with Gasteiger partial charge in [0.15, 0.2) is 0 Å². The minimum absolute atomic E-state index is 0. The fourth-order valence-electron chi connectivity index (χ4n) is 4.55. The number of ether oxygens (including phenoxy) is 2. The number of methoxy groups -OCH3 is 1. The standard InChI is InChI=1S/C24H24F3N5O3.ClH/c1-14-11-19(24(25,26)27)32-6-5-16-13-28-23(30-20(16)21(14)32)29-17-4-3-15(12-18(17)34-2)22(33)31-7-9-35-10-8-31;/h3-4,11-13H,5-10H2,1-2H3,(H,28,29,30);1H. The molecule has 0 saturated carbocycles. The predicted molar refractivity (Wildman–Crippen MR) is 129 cm³/mol. The molecule has 0 bridgehead atoms. The van der Waals surface area contributed by atoms with Crippen LogP contribution in [0.3, 0.4) is 0 Å². The lowest BCUT2D eigenvalue weighted by Crippen LogP contribution is -2.40. The molecule has 4 heterocycles. The summed E-state index contributed by atoms with van der Waals surface area (Å²) in [5.41, 5.74) is 2.55. The molecule has 0 unspecified atom stereocenters. The van der Waals surface area contributed by atoms with Crippen LogP contribution in [0.1, 0.15) is 27.2 Å². The van der Waals surface area contributed by atoms with E-state index in [4.69, 9.17) is 9.47 Å². The van der Waals surface area contributed by atoms with Gasteiger partial charge in [0.05, 0.1) is 37.4 Å². The molecule has 192 valence electrons. The molecule has 1 aromatic carbocycles. The Morgan fingerprint density at radius 1 is 1.17 bits per heavy atom. The fourth-order valence-corrected chi connectivity index (χ4v) is 4.55. The number of fused-ring (bicyclic) bond motifs is 3. The van der Waals surface area contributed by atoms with Crippen molar-refractivity contribution >= 4 is 29.9 Å². The van der Waals surface area contributed by atoms with Crippen molar-refractivity contribution in [3.05, 3.63) is 52.8 Å². The number of aromatic nitrogens is 3. The molecule has 0 radical (unpaired) electrons. The molecular formula is C24H25ClF3N5O3. The molecule has 2 aliphatic heterocycles. The molecule has 1 saturated heterocycles. The van der Waals surface area contributed by atoms with E-state index >= 15 is 0 Å². The average molecular weight is 524 g/mol. The topological polar surface area (TPSA) is 81.5 Å². The molecule has 0 spiro atoms. The van der Waals surface area contributed by atoms with E-state index < -0.39 is 11.9 Å². The summed E-state index contributed by atoms with van der Waals surface area (Å²) in [6, 6.07) is 6.19. The van der Waals surface area contributed by atoms with Crippen molar-refractivity contribution in [3.8, 4) is 17.1 Å². The van der Waals surface area contributed by atoms with Gasteiger partial charge >= 0.3 is 6.18 Å². The second-order valence-corrected chi connectivity index (χ2v) is 8.47. The van der Waals surface area contributed by atoms with Gasteiger partial charge in [0.25, 0.3) is 5.91 Å². The van der Waals surface area contributed by atoms with Crippen LogP contribution in [0.5, 0.6) is 5.75 Å². The Kier molecular flexibility index (Phi) is 7.14. The number of benzene rings is 1. The van der Waals surface area contributed by atoms with E-state index in [2.05, 4.69) is 15.3 Å². The van der Waals surface area contributed by atoms with Gasteiger partial charge in [-0.2, -0.15) is 13.2 Å². The maximum Gasteiger partial charge on any atom is 0.431 e. The highest BCUT2D eigenvalue weighted by molar-refractivity contribution is 5.95. The molecule has 0 aliphatic carbocycles. The van der Waals surface area contributed by atoms with E-state index in [0.29, 0.717) is 66.7 Å². The average Bonchev–Trinajstić information content (AvgIpc) is 3.22. The molecule has 2 aromatic heterocycles. The fraction of sp³-hybridized carbons (Fsp3) is 0.375. The third-order valence-corrected chi connectivity index (χ3v) is 6.26. The van der Waals surface area contributed by atoms with Gasteiger partial charge in [-0.25, -0.2) is 9.97 Å². The van der Waals surface area contributed by atoms with Crippen molar-refractivity contribution in [1.29, 1.82) is 0 Å². The van der Waals surface area contributed by atoms with Crippen LogP contribution >= 0.6 is 12.4 Å². The first kappa shape index (κ1) is 25.8. The molecule has 0 atom stereocenters. The van der Waals surface area contributed by atoms with Crippen molar-refractivity contribution in [3.63, 3.8) is 0 Å². The number of morpholine rings is 1. The molecule has 5 rings (SSSR count). The first-order valence-corrected chi connectivity index (χ1v) is 11.2. The van der Waals surface area contributed by atoms with Crippen LogP contribution in [0.15, 0.2) is 30.5 Å². The zero-order chi connectivity index (χ0) is 24.7. The maximum atomic E-state index is 13.5. The van der Waals surface area contributed by atoms with Gasteiger partial charge in [0.1, 0.15) is 11.4 Å². The van der Waals surface area contributed by atoms with Crippen LogP contribution in [0.2, 0.25) is 0 Å².